The van der Waals surface area contributed by atoms with Crippen LogP contribution in [0.25, 0.3) is 0 Å². The van der Waals surface area contributed by atoms with Gasteiger partial charge in [-0.15, -0.1) is 0 Å². The van der Waals surface area contributed by atoms with Gasteiger partial charge >= 0.3 is 0 Å². The van der Waals surface area contributed by atoms with E-state index < -0.39 is 0 Å². The fraction of sp³-hybridized carbons (Fsp3) is 0.706. The van der Waals surface area contributed by atoms with Crippen molar-refractivity contribution in [2.75, 3.05) is 13.6 Å². The first kappa shape index (κ1) is 14.5. The summed E-state index contributed by atoms with van der Waals surface area (Å²) in [6, 6.07) is 2.74. The number of rotatable bonds is 2. The van der Waals surface area contributed by atoms with Gasteiger partial charge in [0, 0.05) is 24.2 Å². The maximum Gasteiger partial charge on any atom is 0.0613 e. The van der Waals surface area contributed by atoms with E-state index >= 15 is 0 Å². The minimum atomic E-state index is 0.433. The second-order valence-corrected chi connectivity index (χ2v) is 6.77. The Morgan fingerprint density at radius 1 is 1.26 bits per heavy atom. The molecule has 1 unspecified atom stereocenters. The van der Waals surface area contributed by atoms with Crippen LogP contribution < -0.4 is 0 Å². The van der Waals surface area contributed by atoms with Crippen molar-refractivity contribution in [3.05, 3.63) is 28.6 Å². The summed E-state index contributed by atoms with van der Waals surface area (Å²) in [4.78, 5) is 7.33. The van der Waals surface area contributed by atoms with Gasteiger partial charge in [0.15, 0.2) is 0 Å². The molecule has 1 aliphatic heterocycles. The summed E-state index contributed by atoms with van der Waals surface area (Å²) in [5.41, 5.74) is 5.53. The fourth-order valence-electron chi connectivity index (χ4n) is 3.25. The molecule has 0 aromatic carbocycles. The first-order chi connectivity index (χ1) is 8.82. The highest BCUT2D eigenvalue weighted by atomic mass is 15.1. The molecule has 2 rings (SSSR count). The predicted octanol–water partition coefficient (Wildman–Crippen LogP) is 4.26. The zero-order chi connectivity index (χ0) is 14.3. The number of pyridine rings is 1. The van der Waals surface area contributed by atoms with E-state index in [1.807, 2.05) is 0 Å². The van der Waals surface area contributed by atoms with E-state index in [2.05, 4.69) is 59.6 Å². The first-order valence-electron chi connectivity index (χ1n) is 7.54. The Bertz CT molecular complexity index is 463. The van der Waals surface area contributed by atoms with Crippen LogP contribution >= 0.6 is 0 Å². The van der Waals surface area contributed by atoms with Crippen molar-refractivity contribution in [3.8, 4) is 0 Å². The lowest BCUT2D eigenvalue weighted by atomic mass is 9.77. The largest absolute Gasteiger partial charge is 0.297 e. The second-order valence-electron chi connectivity index (χ2n) is 6.77. The summed E-state index contributed by atoms with van der Waals surface area (Å²) >= 11 is 0. The lowest BCUT2D eigenvalue weighted by Gasteiger charge is -2.40. The van der Waals surface area contributed by atoms with Gasteiger partial charge in [0.05, 0.1) is 5.69 Å². The van der Waals surface area contributed by atoms with E-state index in [-0.39, 0.29) is 0 Å². The summed E-state index contributed by atoms with van der Waals surface area (Å²) in [7, 11) is 2.22. The summed E-state index contributed by atoms with van der Waals surface area (Å²) in [6.07, 6.45) is 0. The molecule has 0 saturated carbocycles. The van der Waals surface area contributed by atoms with Gasteiger partial charge in [0.2, 0.25) is 0 Å². The molecule has 2 atom stereocenters. The molecule has 0 bridgehead atoms. The summed E-state index contributed by atoms with van der Waals surface area (Å²) in [5.74, 6) is 1.85. The van der Waals surface area contributed by atoms with Gasteiger partial charge in [0.25, 0.3) is 0 Å². The van der Waals surface area contributed by atoms with Crippen molar-refractivity contribution < 1.29 is 0 Å². The van der Waals surface area contributed by atoms with Crippen molar-refractivity contribution in [1.29, 1.82) is 0 Å². The Kier molecular flexibility index (Phi) is 4.00. The third-order valence-corrected chi connectivity index (χ3v) is 4.59. The van der Waals surface area contributed by atoms with E-state index in [1.165, 1.54) is 11.3 Å². The van der Waals surface area contributed by atoms with E-state index in [9.17, 15) is 0 Å². The van der Waals surface area contributed by atoms with Crippen molar-refractivity contribution >= 4 is 0 Å². The lowest BCUT2D eigenvalue weighted by Crippen LogP contribution is -2.37. The minimum Gasteiger partial charge on any atom is -0.297 e. The van der Waals surface area contributed by atoms with Gasteiger partial charge in [-0.25, -0.2) is 0 Å². The van der Waals surface area contributed by atoms with Crippen molar-refractivity contribution in [2.45, 2.75) is 59.4 Å². The highest BCUT2D eigenvalue weighted by Gasteiger charge is 2.33. The quantitative estimate of drug-likeness (QED) is 0.790. The van der Waals surface area contributed by atoms with Gasteiger partial charge in [0.1, 0.15) is 0 Å². The Morgan fingerprint density at radius 3 is 2.42 bits per heavy atom. The molecule has 0 radical (unpaired) electrons. The third-order valence-electron chi connectivity index (χ3n) is 4.59. The van der Waals surface area contributed by atoms with Crippen LogP contribution in [0.3, 0.4) is 0 Å². The monoisotopic (exact) mass is 260 g/mol. The number of nitrogens with zero attached hydrogens (tertiary/aromatic N) is 2. The average molecular weight is 260 g/mol. The Labute approximate surface area is 118 Å². The molecule has 0 fully saturated rings. The molecule has 19 heavy (non-hydrogen) atoms. The van der Waals surface area contributed by atoms with Crippen LogP contribution in [0.2, 0.25) is 0 Å². The Balaban J connectivity index is 2.66. The molecule has 0 spiro atoms. The molecule has 0 aliphatic carbocycles. The van der Waals surface area contributed by atoms with E-state index in [0.29, 0.717) is 23.8 Å². The number of hydrogen-bond acceptors (Lipinski definition) is 2. The standard InChI is InChI=1S/C17H28N2/c1-10(2)14-8-12(5)18-17-13(6)19(7)9-15(11(3)4)16(14)17/h8,10-11,13,15H,9H2,1-7H3/t13-,15?/m0/s1. The normalized spacial score (nSPS) is 24.1. The van der Waals surface area contributed by atoms with Gasteiger partial charge in [-0.3, -0.25) is 9.88 Å². The molecule has 0 amide bonds. The Hall–Kier alpha value is -0.890. The molecule has 1 aromatic rings. The van der Waals surface area contributed by atoms with Crippen LogP contribution in [0.5, 0.6) is 0 Å². The molecule has 0 saturated heterocycles. The summed E-state index contributed by atoms with van der Waals surface area (Å²) in [5, 5.41) is 0. The third kappa shape index (κ3) is 2.55. The molecule has 2 heteroatoms. The van der Waals surface area contributed by atoms with Crippen LogP contribution in [0.4, 0.5) is 0 Å². The smallest absolute Gasteiger partial charge is 0.0613 e. The highest BCUT2D eigenvalue weighted by Crippen LogP contribution is 2.41. The first-order valence-corrected chi connectivity index (χ1v) is 7.54. The van der Waals surface area contributed by atoms with E-state index in [4.69, 9.17) is 4.98 Å². The fourth-order valence-corrected chi connectivity index (χ4v) is 3.25. The molecule has 2 nitrogen and oxygen atoms in total. The van der Waals surface area contributed by atoms with Crippen LogP contribution in [0.1, 0.15) is 75.0 Å². The van der Waals surface area contributed by atoms with Gasteiger partial charge in [-0.1, -0.05) is 27.7 Å². The SMILES string of the molecule is Cc1cc(C(C)C)c2c(n1)[C@H](C)N(C)CC2C(C)C. The maximum absolute atomic E-state index is 4.88. The van der Waals surface area contributed by atoms with Crippen LogP contribution in [-0.4, -0.2) is 23.5 Å². The molecule has 0 N–H and O–H groups in total. The number of fused-ring (bicyclic) bond motifs is 1. The van der Waals surface area contributed by atoms with Gasteiger partial charge in [-0.2, -0.15) is 0 Å². The lowest BCUT2D eigenvalue weighted by molar-refractivity contribution is 0.197. The summed E-state index contributed by atoms with van der Waals surface area (Å²) < 4.78 is 0. The van der Waals surface area contributed by atoms with Crippen molar-refractivity contribution in [3.63, 3.8) is 0 Å². The molecule has 2 heterocycles. The predicted molar refractivity (Wildman–Crippen MR) is 81.7 cm³/mol. The van der Waals surface area contributed by atoms with E-state index in [0.717, 1.165) is 12.2 Å². The maximum atomic E-state index is 4.88. The number of likely N-dealkylation sites (N-methyl/N-ethyl adjacent to an activating group) is 1. The minimum absolute atomic E-state index is 0.433. The van der Waals surface area contributed by atoms with Crippen LogP contribution in [0, 0.1) is 12.8 Å². The zero-order valence-electron chi connectivity index (χ0n) is 13.5. The second kappa shape index (κ2) is 5.24. The van der Waals surface area contributed by atoms with Crippen LogP contribution in [0.15, 0.2) is 6.07 Å². The number of hydrogen-bond donors (Lipinski definition) is 0. The van der Waals surface area contributed by atoms with Crippen molar-refractivity contribution in [1.82, 2.24) is 9.88 Å². The topological polar surface area (TPSA) is 16.1 Å². The zero-order valence-corrected chi connectivity index (χ0v) is 13.5. The molecule has 1 aromatic heterocycles. The molecule has 1 aliphatic rings. The van der Waals surface area contributed by atoms with Crippen LogP contribution in [-0.2, 0) is 0 Å². The van der Waals surface area contributed by atoms with Gasteiger partial charge in [-0.05, 0) is 49.9 Å². The molecule has 106 valence electrons. The van der Waals surface area contributed by atoms with Crippen molar-refractivity contribution in [2.24, 2.45) is 5.92 Å². The average Bonchev–Trinajstić information content (AvgIpc) is 2.32. The van der Waals surface area contributed by atoms with E-state index in [1.54, 1.807) is 5.56 Å². The Morgan fingerprint density at radius 2 is 1.89 bits per heavy atom. The number of aryl methyl sites for hydroxylation is 1. The molecular formula is C17H28N2. The van der Waals surface area contributed by atoms with Gasteiger partial charge < -0.3 is 0 Å². The molecular weight excluding hydrogens is 232 g/mol. The summed E-state index contributed by atoms with van der Waals surface area (Å²) in [6.45, 7) is 14.8. The number of aromatic nitrogens is 1. The highest BCUT2D eigenvalue weighted by molar-refractivity contribution is 5.41.